The van der Waals surface area contributed by atoms with Crippen molar-refractivity contribution in [3.8, 4) is 11.3 Å². The molecular formula is C17H12FN3OS2. The lowest BCUT2D eigenvalue weighted by Gasteiger charge is -2.03. The Hall–Kier alpha value is -2.51. The van der Waals surface area contributed by atoms with Gasteiger partial charge in [0.25, 0.3) is 5.91 Å². The number of carbonyl (C=O) groups is 1. The van der Waals surface area contributed by atoms with E-state index in [0.29, 0.717) is 16.5 Å². The molecule has 0 bridgehead atoms. The summed E-state index contributed by atoms with van der Waals surface area (Å²) in [6.45, 7) is 0. The monoisotopic (exact) mass is 357 g/mol. The molecule has 0 aliphatic heterocycles. The van der Waals surface area contributed by atoms with E-state index in [1.54, 1.807) is 23.5 Å². The van der Waals surface area contributed by atoms with Crippen LogP contribution in [-0.4, -0.2) is 15.5 Å². The first-order valence-corrected chi connectivity index (χ1v) is 8.93. The SMILES string of the molecule is Cn1c(C(=O)Nc2nc(-c3ccc(F)cc3)cs2)cc2sccc21. The Morgan fingerprint density at radius 3 is 2.75 bits per heavy atom. The Labute approximate surface area is 145 Å². The smallest absolute Gasteiger partial charge is 0.274 e. The van der Waals surface area contributed by atoms with E-state index in [1.807, 2.05) is 34.5 Å². The molecule has 0 unspecified atom stereocenters. The zero-order chi connectivity index (χ0) is 16.7. The number of halogens is 1. The fraction of sp³-hybridized carbons (Fsp3) is 0.0588. The van der Waals surface area contributed by atoms with Crippen LogP contribution in [0.5, 0.6) is 0 Å². The zero-order valence-electron chi connectivity index (χ0n) is 12.6. The molecule has 3 heterocycles. The maximum absolute atomic E-state index is 13.0. The highest BCUT2D eigenvalue weighted by Crippen LogP contribution is 2.27. The molecule has 0 spiro atoms. The van der Waals surface area contributed by atoms with Gasteiger partial charge in [0.15, 0.2) is 5.13 Å². The largest absolute Gasteiger partial charge is 0.339 e. The minimum atomic E-state index is -0.286. The number of thiazole rings is 1. The molecule has 120 valence electrons. The van der Waals surface area contributed by atoms with E-state index in [2.05, 4.69) is 10.3 Å². The minimum absolute atomic E-state index is 0.194. The number of aromatic nitrogens is 2. The molecule has 0 saturated heterocycles. The van der Waals surface area contributed by atoms with Crippen LogP contribution in [0.4, 0.5) is 9.52 Å². The zero-order valence-corrected chi connectivity index (χ0v) is 14.2. The van der Waals surface area contributed by atoms with Gasteiger partial charge in [-0.3, -0.25) is 10.1 Å². The summed E-state index contributed by atoms with van der Waals surface area (Å²) < 4.78 is 15.9. The van der Waals surface area contributed by atoms with Crippen molar-refractivity contribution in [2.75, 3.05) is 5.32 Å². The van der Waals surface area contributed by atoms with Gasteiger partial charge >= 0.3 is 0 Å². The normalized spacial score (nSPS) is 11.1. The van der Waals surface area contributed by atoms with Crippen LogP contribution < -0.4 is 5.32 Å². The molecule has 7 heteroatoms. The molecule has 1 amide bonds. The average Bonchev–Trinajstić information content (AvgIpc) is 3.26. The van der Waals surface area contributed by atoms with Crippen molar-refractivity contribution >= 4 is 43.9 Å². The fourth-order valence-corrected chi connectivity index (χ4v) is 4.08. The summed E-state index contributed by atoms with van der Waals surface area (Å²) in [5.74, 6) is -0.480. The molecular weight excluding hydrogens is 345 g/mol. The lowest BCUT2D eigenvalue weighted by Crippen LogP contribution is -2.15. The summed E-state index contributed by atoms with van der Waals surface area (Å²) >= 11 is 2.95. The van der Waals surface area contributed by atoms with Gasteiger partial charge in [0.1, 0.15) is 11.5 Å². The summed E-state index contributed by atoms with van der Waals surface area (Å²) in [6, 6.07) is 9.99. The van der Waals surface area contributed by atoms with Gasteiger partial charge in [0, 0.05) is 18.0 Å². The van der Waals surface area contributed by atoms with Crippen LogP contribution in [-0.2, 0) is 7.05 Å². The van der Waals surface area contributed by atoms with E-state index in [1.165, 1.54) is 23.5 Å². The van der Waals surface area contributed by atoms with Crippen molar-refractivity contribution in [3.05, 3.63) is 58.7 Å². The summed E-state index contributed by atoms with van der Waals surface area (Å²) in [7, 11) is 1.87. The van der Waals surface area contributed by atoms with E-state index < -0.39 is 0 Å². The fourth-order valence-electron chi connectivity index (χ4n) is 2.51. The second-order valence-electron chi connectivity index (χ2n) is 5.26. The Kier molecular flexibility index (Phi) is 3.66. The Bertz CT molecular complexity index is 1030. The maximum Gasteiger partial charge on any atom is 0.274 e. The number of thiophene rings is 1. The molecule has 0 fully saturated rings. The first-order chi connectivity index (χ1) is 11.6. The average molecular weight is 357 g/mol. The van der Waals surface area contributed by atoms with Crippen LogP contribution in [0.25, 0.3) is 21.5 Å². The molecule has 24 heavy (non-hydrogen) atoms. The molecule has 0 saturated carbocycles. The van der Waals surface area contributed by atoms with Crippen molar-refractivity contribution in [1.29, 1.82) is 0 Å². The second kappa shape index (κ2) is 5.85. The van der Waals surface area contributed by atoms with Gasteiger partial charge in [-0.05, 0) is 41.8 Å². The number of benzene rings is 1. The number of fused-ring (bicyclic) bond motifs is 1. The third-order valence-electron chi connectivity index (χ3n) is 3.76. The van der Waals surface area contributed by atoms with Crippen LogP contribution in [0.3, 0.4) is 0 Å². The van der Waals surface area contributed by atoms with Gasteiger partial charge < -0.3 is 4.57 Å². The molecule has 3 aromatic heterocycles. The quantitative estimate of drug-likeness (QED) is 0.575. The molecule has 0 aliphatic carbocycles. The first kappa shape index (κ1) is 15.0. The highest BCUT2D eigenvalue weighted by molar-refractivity contribution is 7.17. The van der Waals surface area contributed by atoms with E-state index in [9.17, 15) is 9.18 Å². The number of amides is 1. The van der Waals surface area contributed by atoms with Crippen molar-refractivity contribution in [2.45, 2.75) is 0 Å². The second-order valence-corrected chi connectivity index (χ2v) is 7.06. The standard InChI is InChI=1S/C17H12FN3OS2/c1-21-13-6-7-23-15(13)8-14(21)16(22)20-17-19-12(9-24-17)10-2-4-11(18)5-3-10/h2-9H,1H3,(H,19,20,22). The van der Waals surface area contributed by atoms with Gasteiger partial charge in [-0.2, -0.15) is 0 Å². The Balaban J connectivity index is 1.57. The highest BCUT2D eigenvalue weighted by atomic mass is 32.1. The van der Waals surface area contributed by atoms with Crippen LogP contribution in [0.15, 0.2) is 47.2 Å². The predicted octanol–water partition coefficient (Wildman–Crippen LogP) is 4.75. The Morgan fingerprint density at radius 2 is 2.00 bits per heavy atom. The molecule has 1 aromatic carbocycles. The van der Waals surface area contributed by atoms with Gasteiger partial charge in [0.2, 0.25) is 0 Å². The molecule has 0 atom stereocenters. The lowest BCUT2D eigenvalue weighted by molar-refractivity contribution is 0.102. The topological polar surface area (TPSA) is 46.9 Å². The minimum Gasteiger partial charge on any atom is -0.339 e. The molecule has 0 aliphatic rings. The number of rotatable bonds is 3. The van der Waals surface area contributed by atoms with Crippen molar-refractivity contribution in [1.82, 2.24) is 9.55 Å². The van der Waals surface area contributed by atoms with E-state index in [4.69, 9.17) is 0 Å². The maximum atomic E-state index is 13.0. The summed E-state index contributed by atoms with van der Waals surface area (Å²) in [4.78, 5) is 16.9. The lowest BCUT2D eigenvalue weighted by atomic mass is 10.2. The van der Waals surface area contributed by atoms with E-state index in [0.717, 1.165) is 15.8 Å². The number of anilines is 1. The Morgan fingerprint density at radius 1 is 1.21 bits per heavy atom. The van der Waals surface area contributed by atoms with Crippen molar-refractivity contribution < 1.29 is 9.18 Å². The van der Waals surface area contributed by atoms with Crippen LogP contribution in [0.1, 0.15) is 10.5 Å². The van der Waals surface area contributed by atoms with E-state index in [-0.39, 0.29) is 11.7 Å². The molecule has 4 nitrogen and oxygen atoms in total. The van der Waals surface area contributed by atoms with Crippen LogP contribution in [0.2, 0.25) is 0 Å². The predicted molar refractivity (Wildman–Crippen MR) is 96.3 cm³/mol. The van der Waals surface area contributed by atoms with Gasteiger partial charge in [-0.1, -0.05) is 0 Å². The molecule has 4 rings (SSSR count). The summed E-state index contributed by atoms with van der Waals surface area (Å²) in [5.41, 5.74) is 3.15. The number of carbonyl (C=O) groups excluding carboxylic acids is 1. The third-order valence-corrected chi connectivity index (χ3v) is 5.37. The third kappa shape index (κ3) is 2.61. The molecule has 4 aromatic rings. The van der Waals surface area contributed by atoms with Crippen LogP contribution in [0, 0.1) is 5.82 Å². The number of hydrogen-bond donors (Lipinski definition) is 1. The van der Waals surface area contributed by atoms with Crippen molar-refractivity contribution in [3.63, 3.8) is 0 Å². The van der Waals surface area contributed by atoms with Gasteiger partial charge in [-0.25, -0.2) is 9.37 Å². The number of nitrogens with zero attached hydrogens (tertiary/aromatic N) is 2. The van der Waals surface area contributed by atoms with Crippen molar-refractivity contribution in [2.24, 2.45) is 7.05 Å². The van der Waals surface area contributed by atoms with Crippen LogP contribution >= 0.6 is 22.7 Å². The number of hydrogen-bond acceptors (Lipinski definition) is 4. The highest BCUT2D eigenvalue weighted by Gasteiger charge is 2.15. The first-order valence-electron chi connectivity index (χ1n) is 7.17. The summed E-state index contributed by atoms with van der Waals surface area (Å²) in [6.07, 6.45) is 0. The van der Waals surface area contributed by atoms with Gasteiger partial charge in [-0.15, -0.1) is 22.7 Å². The number of nitrogens with one attached hydrogen (secondary N) is 1. The molecule has 0 radical (unpaired) electrons. The molecule has 1 N–H and O–H groups in total. The van der Waals surface area contributed by atoms with E-state index >= 15 is 0 Å². The summed E-state index contributed by atoms with van der Waals surface area (Å²) in [5, 5.41) is 7.19. The number of aryl methyl sites for hydroxylation is 1. The van der Waals surface area contributed by atoms with Gasteiger partial charge in [0.05, 0.1) is 15.9 Å².